The summed E-state index contributed by atoms with van der Waals surface area (Å²) >= 11 is 0. The standard InChI is InChI=1S/C25H40N6O/c1-21(32)29-17-15-28(16-18-29)14-11-27-25(26-2)31-13-10-24-23(20-31)9-6-12-30(24)19-22-7-4-3-5-8-22/h3-5,7-8,23-24H,6,9-20H2,1-2H3,(H,26,27). The monoisotopic (exact) mass is 440 g/mol. The zero-order valence-electron chi connectivity index (χ0n) is 19.9. The maximum absolute atomic E-state index is 11.5. The average molecular weight is 441 g/mol. The molecular weight excluding hydrogens is 400 g/mol. The topological polar surface area (TPSA) is 54.4 Å². The second-order valence-corrected chi connectivity index (χ2v) is 9.48. The normalized spacial score (nSPS) is 25.5. The van der Waals surface area contributed by atoms with Gasteiger partial charge in [-0.25, -0.2) is 0 Å². The number of guanidine groups is 1. The van der Waals surface area contributed by atoms with Crippen molar-refractivity contribution < 1.29 is 4.79 Å². The van der Waals surface area contributed by atoms with E-state index in [-0.39, 0.29) is 5.91 Å². The van der Waals surface area contributed by atoms with Crippen LogP contribution < -0.4 is 5.32 Å². The number of hydrogen-bond donors (Lipinski definition) is 1. The number of nitrogens with zero attached hydrogens (tertiary/aromatic N) is 5. The Morgan fingerprint density at radius 1 is 1.03 bits per heavy atom. The number of fused-ring (bicyclic) bond motifs is 1. The van der Waals surface area contributed by atoms with Gasteiger partial charge in [0.15, 0.2) is 5.96 Å². The van der Waals surface area contributed by atoms with Crippen LogP contribution in [-0.4, -0.2) is 103 Å². The summed E-state index contributed by atoms with van der Waals surface area (Å²) in [7, 11) is 1.91. The third-order valence-corrected chi connectivity index (χ3v) is 7.45. The Balaban J connectivity index is 1.23. The van der Waals surface area contributed by atoms with Crippen molar-refractivity contribution in [1.29, 1.82) is 0 Å². The number of aliphatic imine (C=N–C) groups is 1. The predicted octanol–water partition coefficient (Wildman–Crippen LogP) is 1.71. The summed E-state index contributed by atoms with van der Waals surface area (Å²) in [6.45, 7) is 11.7. The number of likely N-dealkylation sites (tertiary alicyclic amines) is 2. The van der Waals surface area contributed by atoms with Crippen LogP contribution in [0.5, 0.6) is 0 Å². The molecule has 1 aromatic rings. The Bertz CT molecular complexity index is 761. The van der Waals surface area contributed by atoms with Gasteiger partial charge in [-0.15, -0.1) is 0 Å². The van der Waals surface area contributed by atoms with Gasteiger partial charge in [-0.3, -0.25) is 19.6 Å². The van der Waals surface area contributed by atoms with Crippen LogP contribution in [0.15, 0.2) is 35.3 Å². The van der Waals surface area contributed by atoms with Crippen molar-refractivity contribution in [2.24, 2.45) is 10.9 Å². The molecule has 7 nitrogen and oxygen atoms in total. The molecule has 176 valence electrons. The first kappa shape index (κ1) is 23.1. The minimum atomic E-state index is 0.191. The van der Waals surface area contributed by atoms with Crippen molar-refractivity contribution >= 4 is 11.9 Å². The molecule has 7 heteroatoms. The van der Waals surface area contributed by atoms with Crippen LogP contribution in [0.4, 0.5) is 0 Å². The van der Waals surface area contributed by atoms with Crippen LogP contribution in [0.25, 0.3) is 0 Å². The molecule has 3 aliphatic rings. The molecular formula is C25H40N6O. The minimum absolute atomic E-state index is 0.191. The largest absolute Gasteiger partial charge is 0.355 e. The van der Waals surface area contributed by atoms with E-state index in [4.69, 9.17) is 0 Å². The maximum atomic E-state index is 11.5. The highest BCUT2D eigenvalue weighted by molar-refractivity contribution is 5.80. The van der Waals surface area contributed by atoms with Crippen molar-refractivity contribution in [2.45, 2.75) is 38.8 Å². The second-order valence-electron chi connectivity index (χ2n) is 9.48. The van der Waals surface area contributed by atoms with Crippen LogP contribution >= 0.6 is 0 Å². The first-order valence-electron chi connectivity index (χ1n) is 12.4. The van der Waals surface area contributed by atoms with Crippen molar-refractivity contribution in [2.75, 3.05) is 66.0 Å². The molecule has 0 spiro atoms. The average Bonchev–Trinajstić information content (AvgIpc) is 2.83. The van der Waals surface area contributed by atoms with E-state index in [0.29, 0.717) is 6.04 Å². The van der Waals surface area contributed by atoms with Crippen molar-refractivity contribution in [3.8, 4) is 0 Å². The SMILES string of the molecule is CN=C(NCCN1CCN(C(C)=O)CC1)N1CCC2C(CCCN2Cc2ccccc2)C1. The summed E-state index contributed by atoms with van der Waals surface area (Å²) in [5, 5.41) is 3.61. The van der Waals surface area contributed by atoms with Gasteiger partial charge in [-0.05, 0) is 37.3 Å². The molecule has 0 bridgehead atoms. The second kappa shape index (κ2) is 11.1. The molecule has 1 aromatic carbocycles. The fourth-order valence-corrected chi connectivity index (χ4v) is 5.66. The number of carbonyl (C=O) groups is 1. The molecule has 32 heavy (non-hydrogen) atoms. The number of amides is 1. The van der Waals surface area contributed by atoms with Gasteiger partial charge in [0.1, 0.15) is 0 Å². The number of benzene rings is 1. The molecule has 1 N–H and O–H groups in total. The molecule has 3 saturated heterocycles. The summed E-state index contributed by atoms with van der Waals surface area (Å²) in [6, 6.07) is 11.6. The zero-order valence-corrected chi connectivity index (χ0v) is 19.9. The van der Waals surface area contributed by atoms with Crippen molar-refractivity contribution in [1.82, 2.24) is 24.9 Å². The Morgan fingerprint density at radius 2 is 1.81 bits per heavy atom. The summed E-state index contributed by atoms with van der Waals surface area (Å²) < 4.78 is 0. The maximum Gasteiger partial charge on any atom is 0.219 e. The number of piperazine rings is 1. The minimum Gasteiger partial charge on any atom is -0.355 e. The van der Waals surface area contributed by atoms with Gasteiger partial charge in [-0.2, -0.15) is 0 Å². The highest BCUT2D eigenvalue weighted by Gasteiger charge is 2.36. The highest BCUT2D eigenvalue weighted by atomic mass is 16.2. The number of carbonyl (C=O) groups excluding carboxylic acids is 1. The molecule has 2 atom stereocenters. The Hall–Kier alpha value is -2.12. The van der Waals surface area contributed by atoms with Crippen LogP contribution in [0.1, 0.15) is 31.7 Å². The fraction of sp³-hybridized carbons (Fsp3) is 0.680. The lowest BCUT2D eigenvalue weighted by atomic mass is 9.83. The lowest BCUT2D eigenvalue weighted by Crippen LogP contribution is -2.57. The molecule has 1 amide bonds. The van der Waals surface area contributed by atoms with E-state index in [1.807, 2.05) is 11.9 Å². The summed E-state index contributed by atoms with van der Waals surface area (Å²) in [6.07, 6.45) is 3.83. The van der Waals surface area contributed by atoms with E-state index in [1.165, 1.54) is 31.4 Å². The highest BCUT2D eigenvalue weighted by Crippen LogP contribution is 2.31. The van der Waals surface area contributed by atoms with E-state index in [1.54, 1.807) is 6.92 Å². The van der Waals surface area contributed by atoms with Crippen LogP contribution in [-0.2, 0) is 11.3 Å². The van der Waals surface area contributed by atoms with Gasteiger partial charge in [0.2, 0.25) is 5.91 Å². The Labute approximate surface area is 193 Å². The summed E-state index contributed by atoms with van der Waals surface area (Å²) in [5.41, 5.74) is 1.43. The first-order valence-corrected chi connectivity index (χ1v) is 12.4. The number of rotatable bonds is 5. The molecule has 4 rings (SSSR count). The Kier molecular flexibility index (Phi) is 8.03. The quantitative estimate of drug-likeness (QED) is 0.558. The van der Waals surface area contributed by atoms with Gasteiger partial charge in [0.05, 0.1) is 0 Å². The number of piperidine rings is 2. The van der Waals surface area contributed by atoms with Gasteiger partial charge < -0.3 is 15.1 Å². The molecule has 2 unspecified atom stereocenters. The van der Waals surface area contributed by atoms with E-state index in [2.05, 4.69) is 55.3 Å². The van der Waals surface area contributed by atoms with E-state index in [9.17, 15) is 4.79 Å². The fourth-order valence-electron chi connectivity index (χ4n) is 5.66. The van der Waals surface area contributed by atoms with Crippen LogP contribution in [0.2, 0.25) is 0 Å². The van der Waals surface area contributed by atoms with E-state index in [0.717, 1.165) is 70.8 Å². The third kappa shape index (κ3) is 5.81. The van der Waals surface area contributed by atoms with Crippen LogP contribution in [0.3, 0.4) is 0 Å². The lowest BCUT2D eigenvalue weighted by Gasteiger charge is -2.48. The van der Waals surface area contributed by atoms with Crippen molar-refractivity contribution in [3.05, 3.63) is 35.9 Å². The molecule has 0 saturated carbocycles. The van der Waals surface area contributed by atoms with Gasteiger partial charge in [0.25, 0.3) is 0 Å². The van der Waals surface area contributed by atoms with Gasteiger partial charge >= 0.3 is 0 Å². The Morgan fingerprint density at radius 3 is 2.53 bits per heavy atom. The smallest absolute Gasteiger partial charge is 0.219 e. The van der Waals surface area contributed by atoms with Gasteiger partial charge in [0, 0.05) is 78.9 Å². The number of nitrogens with one attached hydrogen (secondary N) is 1. The molecule has 3 aliphatic heterocycles. The van der Waals surface area contributed by atoms with E-state index < -0.39 is 0 Å². The molecule has 3 fully saturated rings. The lowest BCUT2D eigenvalue weighted by molar-refractivity contribution is -0.130. The molecule has 0 aromatic heterocycles. The molecule has 0 radical (unpaired) electrons. The predicted molar refractivity (Wildman–Crippen MR) is 130 cm³/mol. The number of hydrogen-bond acceptors (Lipinski definition) is 4. The summed E-state index contributed by atoms with van der Waals surface area (Å²) in [5.74, 6) is 1.96. The third-order valence-electron chi connectivity index (χ3n) is 7.45. The van der Waals surface area contributed by atoms with Crippen molar-refractivity contribution in [3.63, 3.8) is 0 Å². The zero-order chi connectivity index (χ0) is 22.3. The summed E-state index contributed by atoms with van der Waals surface area (Å²) in [4.78, 5) is 25.7. The first-order chi connectivity index (χ1) is 15.6. The molecule has 3 heterocycles. The molecule has 0 aliphatic carbocycles. The van der Waals surface area contributed by atoms with E-state index >= 15 is 0 Å². The van der Waals surface area contributed by atoms with Crippen LogP contribution in [0, 0.1) is 5.92 Å². The van der Waals surface area contributed by atoms with Gasteiger partial charge in [-0.1, -0.05) is 30.3 Å².